The molecule has 2 atom stereocenters. The smallest absolute Gasteiger partial charge is 0.410 e. The van der Waals surface area contributed by atoms with Crippen molar-refractivity contribution in [1.82, 2.24) is 10.2 Å². The Morgan fingerprint density at radius 1 is 1.59 bits per heavy atom. The molecule has 0 aromatic carbocycles. The molecule has 0 bridgehead atoms. The second-order valence-corrected chi connectivity index (χ2v) is 5.63. The molecule has 2 saturated heterocycles. The van der Waals surface area contributed by atoms with Crippen LogP contribution in [0.3, 0.4) is 0 Å². The normalized spacial score (nSPS) is 32.4. The summed E-state index contributed by atoms with van der Waals surface area (Å²) in [5.74, 6) is -1.07. The topological polar surface area (TPSA) is 58.6 Å². The summed E-state index contributed by atoms with van der Waals surface area (Å²) < 4.78 is 19.4. The van der Waals surface area contributed by atoms with E-state index in [0.29, 0.717) is 0 Å². The lowest BCUT2D eigenvalue weighted by molar-refractivity contribution is -0.129. The molecule has 1 N–H and O–H groups in total. The Bertz CT molecular complexity index is 366. The first kappa shape index (κ1) is 12.1. The van der Waals surface area contributed by atoms with Crippen LogP contribution in [-0.4, -0.2) is 47.8 Å². The molecule has 2 heterocycles. The first-order valence-electron chi connectivity index (χ1n) is 5.67. The van der Waals surface area contributed by atoms with Gasteiger partial charge >= 0.3 is 6.09 Å². The van der Waals surface area contributed by atoms with Crippen molar-refractivity contribution in [2.45, 2.75) is 32.0 Å². The number of alkyl halides is 1. The summed E-state index contributed by atoms with van der Waals surface area (Å²) in [6.07, 6.45) is -0.559. The second-order valence-electron chi connectivity index (χ2n) is 5.63. The molecule has 0 radical (unpaired) electrons. The molecule has 17 heavy (non-hydrogen) atoms. The predicted molar refractivity (Wildman–Crippen MR) is 58.1 cm³/mol. The van der Waals surface area contributed by atoms with Crippen LogP contribution < -0.4 is 5.32 Å². The van der Waals surface area contributed by atoms with Crippen molar-refractivity contribution in [1.29, 1.82) is 0 Å². The number of hydrogen-bond donors (Lipinski definition) is 1. The fourth-order valence-electron chi connectivity index (χ4n) is 2.19. The number of nitrogens with one attached hydrogen (secondary N) is 1. The van der Waals surface area contributed by atoms with Gasteiger partial charge in [-0.25, -0.2) is 9.18 Å². The largest absolute Gasteiger partial charge is 0.444 e. The van der Waals surface area contributed by atoms with Crippen LogP contribution >= 0.6 is 0 Å². The number of nitrogens with zero attached hydrogens (tertiary/aromatic N) is 1. The summed E-state index contributed by atoms with van der Waals surface area (Å²) in [6.45, 7) is 5.55. The lowest BCUT2D eigenvalue weighted by Gasteiger charge is -2.25. The number of fused-ring (bicyclic) bond motifs is 1. The van der Waals surface area contributed by atoms with Gasteiger partial charge in [-0.2, -0.15) is 0 Å². The van der Waals surface area contributed by atoms with Gasteiger partial charge in [0, 0.05) is 19.0 Å². The van der Waals surface area contributed by atoms with Crippen LogP contribution in [0.4, 0.5) is 9.18 Å². The van der Waals surface area contributed by atoms with Crippen LogP contribution in [0.1, 0.15) is 20.8 Å². The summed E-state index contributed by atoms with van der Waals surface area (Å²) in [7, 11) is 0. The van der Waals surface area contributed by atoms with E-state index in [9.17, 15) is 14.0 Å². The van der Waals surface area contributed by atoms with Crippen LogP contribution in [0.25, 0.3) is 0 Å². The molecule has 0 spiro atoms. The highest BCUT2D eigenvalue weighted by atomic mass is 19.1. The molecule has 96 valence electrons. The van der Waals surface area contributed by atoms with Gasteiger partial charge in [0.15, 0.2) is 0 Å². The predicted octanol–water partition coefficient (Wildman–Crippen LogP) is 0.691. The number of rotatable bonds is 0. The van der Waals surface area contributed by atoms with E-state index in [-0.39, 0.29) is 19.6 Å². The number of halogens is 1. The van der Waals surface area contributed by atoms with Crippen LogP contribution in [0, 0.1) is 5.92 Å². The Hall–Kier alpha value is -1.33. The average molecular weight is 244 g/mol. The number of hydrogen-bond acceptors (Lipinski definition) is 3. The Morgan fingerprint density at radius 2 is 2.24 bits per heavy atom. The Kier molecular flexibility index (Phi) is 2.56. The molecule has 2 rings (SSSR count). The molecule has 2 fully saturated rings. The van der Waals surface area contributed by atoms with Gasteiger partial charge in [0.25, 0.3) is 5.91 Å². The maximum Gasteiger partial charge on any atom is 0.410 e. The zero-order chi connectivity index (χ0) is 12.8. The first-order chi connectivity index (χ1) is 7.72. The van der Waals surface area contributed by atoms with Crippen molar-refractivity contribution >= 4 is 12.0 Å². The van der Waals surface area contributed by atoms with E-state index in [1.165, 1.54) is 4.90 Å². The van der Waals surface area contributed by atoms with Crippen LogP contribution in [0.2, 0.25) is 0 Å². The van der Waals surface area contributed by atoms with Gasteiger partial charge < -0.3 is 15.0 Å². The maximum atomic E-state index is 14.3. The number of carbonyl (C=O) groups is 2. The van der Waals surface area contributed by atoms with E-state index in [0.717, 1.165) is 0 Å². The molecule has 0 aromatic heterocycles. The molecule has 2 aliphatic heterocycles. The molecule has 6 heteroatoms. The molecular weight excluding hydrogens is 227 g/mol. The molecule has 0 aliphatic carbocycles. The van der Waals surface area contributed by atoms with Gasteiger partial charge in [-0.3, -0.25) is 4.79 Å². The van der Waals surface area contributed by atoms with Gasteiger partial charge in [0.1, 0.15) is 5.60 Å². The van der Waals surface area contributed by atoms with E-state index in [1.807, 2.05) is 0 Å². The van der Waals surface area contributed by atoms with E-state index < -0.39 is 29.2 Å². The fraction of sp³-hybridized carbons (Fsp3) is 0.818. The third kappa shape index (κ3) is 2.08. The molecule has 0 saturated carbocycles. The Morgan fingerprint density at radius 3 is 2.76 bits per heavy atom. The van der Waals surface area contributed by atoms with Crippen molar-refractivity contribution < 1.29 is 18.7 Å². The van der Waals surface area contributed by atoms with Gasteiger partial charge in [0.2, 0.25) is 5.67 Å². The monoisotopic (exact) mass is 244 g/mol. The third-order valence-corrected chi connectivity index (χ3v) is 3.05. The molecular formula is C11H17FN2O3. The molecule has 2 aliphatic rings. The van der Waals surface area contributed by atoms with Gasteiger partial charge in [-0.15, -0.1) is 0 Å². The Labute approximate surface area is 99.3 Å². The highest BCUT2D eigenvalue weighted by Gasteiger charge is 2.58. The highest BCUT2D eigenvalue weighted by molar-refractivity contribution is 5.89. The minimum Gasteiger partial charge on any atom is -0.444 e. The molecule has 0 aromatic rings. The summed E-state index contributed by atoms with van der Waals surface area (Å²) in [5, 5.41) is 2.48. The number of amides is 2. The van der Waals surface area contributed by atoms with Crippen molar-refractivity contribution in [2.24, 2.45) is 5.92 Å². The number of likely N-dealkylation sites (tertiary alicyclic amines) is 1. The SMILES string of the molecule is CC(C)(C)OC(=O)N1C[C@@H]2CNC(=O)[C@]2(F)C1. The third-order valence-electron chi connectivity index (χ3n) is 3.05. The molecule has 0 unspecified atom stereocenters. The summed E-state index contributed by atoms with van der Waals surface area (Å²) >= 11 is 0. The Balaban J connectivity index is 2.04. The van der Waals surface area contributed by atoms with E-state index >= 15 is 0 Å². The summed E-state index contributed by atoms with van der Waals surface area (Å²) in [5.41, 5.74) is -2.54. The summed E-state index contributed by atoms with van der Waals surface area (Å²) in [4.78, 5) is 24.4. The fourth-order valence-corrected chi connectivity index (χ4v) is 2.19. The zero-order valence-electron chi connectivity index (χ0n) is 10.2. The van der Waals surface area contributed by atoms with Crippen molar-refractivity contribution in [3.8, 4) is 0 Å². The second kappa shape index (κ2) is 3.58. The van der Waals surface area contributed by atoms with Gasteiger partial charge in [0.05, 0.1) is 6.54 Å². The van der Waals surface area contributed by atoms with E-state index in [2.05, 4.69) is 5.32 Å². The number of ether oxygens (including phenoxy) is 1. The highest BCUT2D eigenvalue weighted by Crippen LogP contribution is 2.35. The molecule has 5 nitrogen and oxygen atoms in total. The standard InChI is InChI=1S/C11H17FN2O3/c1-10(2,3)17-9(16)14-5-7-4-13-8(15)11(7,12)6-14/h7H,4-6H2,1-3H3,(H,13,15)/t7-,11-/m0/s1. The van der Waals surface area contributed by atoms with Gasteiger partial charge in [-0.1, -0.05) is 0 Å². The van der Waals surface area contributed by atoms with Gasteiger partial charge in [-0.05, 0) is 20.8 Å². The van der Waals surface area contributed by atoms with Crippen molar-refractivity contribution in [3.05, 3.63) is 0 Å². The number of carbonyl (C=O) groups excluding carboxylic acids is 2. The van der Waals surface area contributed by atoms with Crippen molar-refractivity contribution in [2.75, 3.05) is 19.6 Å². The van der Waals surface area contributed by atoms with E-state index in [1.54, 1.807) is 20.8 Å². The quantitative estimate of drug-likeness (QED) is 0.682. The van der Waals surface area contributed by atoms with E-state index in [4.69, 9.17) is 4.74 Å². The minimum absolute atomic E-state index is 0.210. The summed E-state index contributed by atoms with van der Waals surface area (Å²) in [6, 6.07) is 0. The zero-order valence-corrected chi connectivity index (χ0v) is 10.2. The lowest BCUT2D eigenvalue weighted by Crippen LogP contribution is -2.42. The van der Waals surface area contributed by atoms with Crippen LogP contribution in [0.15, 0.2) is 0 Å². The maximum absolute atomic E-state index is 14.3. The van der Waals surface area contributed by atoms with Crippen LogP contribution in [-0.2, 0) is 9.53 Å². The van der Waals surface area contributed by atoms with Crippen LogP contribution in [0.5, 0.6) is 0 Å². The molecule has 2 amide bonds. The minimum atomic E-state index is -1.93. The van der Waals surface area contributed by atoms with Crippen molar-refractivity contribution in [3.63, 3.8) is 0 Å². The average Bonchev–Trinajstić information content (AvgIpc) is 2.62. The first-order valence-corrected chi connectivity index (χ1v) is 5.67. The lowest BCUT2D eigenvalue weighted by atomic mass is 9.97.